The lowest BCUT2D eigenvalue weighted by molar-refractivity contribution is 0.165. The predicted octanol–water partition coefficient (Wildman–Crippen LogP) is 5.46. The van der Waals surface area contributed by atoms with Crippen LogP contribution in [0.4, 0.5) is 0 Å². The molecule has 176 valence electrons. The monoisotopic (exact) mass is 459 g/mol. The van der Waals surface area contributed by atoms with Crippen molar-refractivity contribution in [3.05, 3.63) is 58.7 Å². The molecule has 0 heterocycles. The Morgan fingerprint density at radius 2 is 1.56 bits per heavy atom. The van der Waals surface area contributed by atoms with Crippen molar-refractivity contribution < 1.29 is 17.3 Å². The second kappa shape index (κ2) is 9.54. The highest BCUT2D eigenvalue weighted by Gasteiger charge is 2.38. The number of hydrogen-bond acceptors (Lipinski definition) is 5. The van der Waals surface area contributed by atoms with E-state index in [1.54, 1.807) is 0 Å². The normalized spacial score (nSPS) is 21.7. The van der Waals surface area contributed by atoms with Crippen LogP contribution in [0.25, 0.3) is 0 Å². The van der Waals surface area contributed by atoms with E-state index in [9.17, 15) is 8.42 Å². The number of ether oxygens (including phenoxy) is 1. The smallest absolute Gasteiger partial charge is 0.264 e. The Hall–Kier alpha value is -1.89. The Labute approximate surface area is 193 Å². The Balaban J connectivity index is 1.65. The Bertz CT molecular complexity index is 1020. The fraction of sp³-hybridized carbons (Fsp3) is 0.538. The number of nitrogens with one attached hydrogen (secondary N) is 1. The maximum atomic E-state index is 11.7. The van der Waals surface area contributed by atoms with Crippen LogP contribution in [0.5, 0.6) is 11.5 Å². The Morgan fingerprint density at radius 3 is 2.09 bits per heavy atom. The molecule has 1 N–H and O–H groups in total. The minimum Gasteiger partial charge on any atom is -0.457 e. The molecule has 3 rings (SSSR count). The molecule has 0 unspecified atom stereocenters. The Kier molecular flexibility index (Phi) is 7.38. The molecule has 0 bridgehead atoms. The fourth-order valence-corrected chi connectivity index (χ4v) is 5.19. The number of rotatable bonds is 7. The van der Waals surface area contributed by atoms with Gasteiger partial charge in [0.05, 0.1) is 12.4 Å². The highest BCUT2D eigenvalue weighted by atomic mass is 32.2. The molecule has 0 radical (unpaired) electrons. The molecule has 1 aliphatic carbocycles. The summed E-state index contributed by atoms with van der Waals surface area (Å²) >= 11 is 0. The van der Waals surface area contributed by atoms with E-state index < -0.39 is 10.1 Å². The molecule has 0 spiro atoms. The zero-order chi connectivity index (χ0) is 23.7. The summed E-state index contributed by atoms with van der Waals surface area (Å²) in [7, 11) is -3.49. The van der Waals surface area contributed by atoms with Crippen LogP contribution >= 0.6 is 0 Å². The minimum absolute atomic E-state index is 0.0188. The van der Waals surface area contributed by atoms with E-state index in [0.29, 0.717) is 5.92 Å². The molecular formula is C26H37NO4S. The fourth-order valence-electron chi connectivity index (χ4n) is 4.52. The first-order chi connectivity index (χ1) is 14.8. The van der Waals surface area contributed by atoms with Crippen molar-refractivity contribution in [3.8, 4) is 11.5 Å². The van der Waals surface area contributed by atoms with Crippen LogP contribution in [-0.4, -0.2) is 32.4 Å². The van der Waals surface area contributed by atoms with Crippen LogP contribution < -0.4 is 10.1 Å². The van der Waals surface area contributed by atoms with Crippen molar-refractivity contribution in [2.45, 2.75) is 78.5 Å². The van der Waals surface area contributed by atoms with Gasteiger partial charge in [0.25, 0.3) is 10.1 Å². The van der Waals surface area contributed by atoms with E-state index in [1.807, 2.05) is 12.1 Å². The summed E-state index contributed by atoms with van der Waals surface area (Å²) in [6.07, 6.45) is 3.29. The van der Waals surface area contributed by atoms with Crippen molar-refractivity contribution in [2.75, 3.05) is 6.26 Å². The van der Waals surface area contributed by atoms with E-state index in [1.165, 1.54) is 22.3 Å². The molecule has 32 heavy (non-hydrogen) atoms. The van der Waals surface area contributed by atoms with Gasteiger partial charge in [0.1, 0.15) is 11.5 Å². The standard InChI is InChI=1S/C26H37NO4S/c1-17-12-23(13-18(2)19(17)3)30-22-10-8-20(9-11-22)14-21-15-24(27-26(4,5)6)25(16-21)31-32(7,28)29/h8-13,21,24-25,27H,14-16H2,1-7H3/t21-,24+,25+/m0/s1. The molecule has 5 nitrogen and oxygen atoms in total. The van der Waals surface area contributed by atoms with E-state index in [0.717, 1.165) is 37.0 Å². The van der Waals surface area contributed by atoms with Gasteiger partial charge >= 0.3 is 0 Å². The zero-order valence-electron chi connectivity index (χ0n) is 20.4. The van der Waals surface area contributed by atoms with Gasteiger partial charge in [0, 0.05) is 11.6 Å². The SMILES string of the molecule is Cc1cc(Oc2ccc(C[C@H]3C[C@@H](NC(C)(C)C)[C@H](OS(C)(=O)=O)C3)cc2)cc(C)c1C. The second-order valence-corrected chi connectivity index (χ2v) is 11.9. The van der Waals surface area contributed by atoms with Gasteiger partial charge in [-0.05, 0) is 113 Å². The van der Waals surface area contributed by atoms with E-state index in [-0.39, 0.29) is 17.7 Å². The molecule has 3 atom stereocenters. The van der Waals surface area contributed by atoms with Gasteiger partial charge in [-0.2, -0.15) is 8.42 Å². The van der Waals surface area contributed by atoms with E-state index in [4.69, 9.17) is 8.92 Å². The summed E-state index contributed by atoms with van der Waals surface area (Å²) in [6.45, 7) is 12.6. The van der Waals surface area contributed by atoms with Gasteiger partial charge in [-0.25, -0.2) is 0 Å². The van der Waals surface area contributed by atoms with Crippen LogP contribution in [0.2, 0.25) is 0 Å². The molecule has 0 amide bonds. The van der Waals surface area contributed by atoms with Crippen molar-refractivity contribution in [1.29, 1.82) is 0 Å². The largest absolute Gasteiger partial charge is 0.457 e. The summed E-state index contributed by atoms with van der Waals surface area (Å²) < 4.78 is 35.0. The third kappa shape index (κ3) is 7.06. The van der Waals surface area contributed by atoms with Crippen LogP contribution in [0.3, 0.4) is 0 Å². The van der Waals surface area contributed by atoms with Crippen LogP contribution in [-0.2, 0) is 20.7 Å². The molecule has 2 aromatic rings. The summed E-state index contributed by atoms with van der Waals surface area (Å²) in [5.74, 6) is 2.02. The number of benzene rings is 2. The van der Waals surface area contributed by atoms with Crippen LogP contribution in [0.15, 0.2) is 36.4 Å². The number of hydrogen-bond donors (Lipinski definition) is 1. The number of aryl methyl sites for hydroxylation is 2. The van der Waals surface area contributed by atoms with E-state index >= 15 is 0 Å². The first-order valence-corrected chi connectivity index (χ1v) is 13.1. The predicted molar refractivity (Wildman–Crippen MR) is 130 cm³/mol. The van der Waals surface area contributed by atoms with Crippen molar-refractivity contribution in [3.63, 3.8) is 0 Å². The zero-order valence-corrected chi connectivity index (χ0v) is 21.2. The molecule has 2 aromatic carbocycles. The minimum atomic E-state index is -3.49. The van der Waals surface area contributed by atoms with Gasteiger partial charge in [-0.15, -0.1) is 0 Å². The third-order valence-corrected chi connectivity index (χ3v) is 6.70. The molecule has 6 heteroatoms. The maximum absolute atomic E-state index is 11.7. The topological polar surface area (TPSA) is 64.6 Å². The maximum Gasteiger partial charge on any atom is 0.264 e. The van der Waals surface area contributed by atoms with E-state index in [2.05, 4.69) is 71.1 Å². The Morgan fingerprint density at radius 1 is 0.969 bits per heavy atom. The van der Waals surface area contributed by atoms with Gasteiger partial charge < -0.3 is 10.1 Å². The quantitative estimate of drug-likeness (QED) is 0.557. The van der Waals surface area contributed by atoms with Crippen molar-refractivity contribution in [2.24, 2.45) is 5.92 Å². The molecule has 0 saturated heterocycles. The summed E-state index contributed by atoms with van der Waals surface area (Å²) in [5, 5.41) is 3.55. The third-order valence-electron chi connectivity index (χ3n) is 6.10. The molecule has 0 aromatic heterocycles. The van der Waals surface area contributed by atoms with Crippen molar-refractivity contribution >= 4 is 10.1 Å². The van der Waals surface area contributed by atoms with Gasteiger partial charge in [0.15, 0.2) is 0 Å². The highest BCUT2D eigenvalue weighted by Crippen LogP contribution is 2.34. The first kappa shape index (κ1) is 24.7. The lowest BCUT2D eigenvalue weighted by Gasteiger charge is -2.29. The molecule has 1 fully saturated rings. The first-order valence-electron chi connectivity index (χ1n) is 11.3. The molecule has 1 aliphatic rings. The highest BCUT2D eigenvalue weighted by molar-refractivity contribution is 7.86. The molecular weight excluding hydrogens is 422 g/mol. The van der Waals surface area contributed by atoms with Gasteiger partial charge in [-0.1, -0.05) is 12.1 Å². The summed E-state index contributed by atoms with van der Waals surface area (Å²) in [5.41, 5.74) is 4.85. The van der Waals surface area contributed by atoms with Gasteiger partial charge in [-0.3, -0.25) is 4.18 Å². The van der Waals surface area contributed by atoms with Crippen LogP contribution in [0, 0.1) is 26.7 Å². The molecule has 0 aliphatic heterocycles. The lowest BCUT2D eigenvalue weighted by atomic mass is 9.97. The summed E-state index contributed by atoms with van der Waals surface area (Å²) in [6, 6.07) is 12.4. The van der Waals surface area contributed by atoms with Crippen molar-refractivity contribution in [1.82, 2.24) is 5.32 Å². The summed E-state index contributed by atoms with van der Waals surface area (Å²) in [4.78, 5) is 0. The average molecular weight is 460 g/mol. The molecule has 1 saturated carbocycles. The van der Waals surface area contributed by atoms with Gasteiger partial charge in [0.2, 0.25) is 0 Å². The second-order valence-electron chi connectivity index (χ2n) is 10.3. The lowest BCUT2D eigenvalue weighted by Crippen LogP contribution is -2.48. The average Bonchev–Trinajstić information content (AvgIpc) is 2.98. The van der Waals surface area contributed by atoms with Crippen LogP contribution in [0.1, 0.15) is 55.9 Å².